The molecule has 1 heterocycles. The molecule has 3 nitrogen and oxygen atoms in total. The van der Waals surface area contributed by atoms with Crippen molar-refractivity contribution in [3.63, 3.8) is 0 Å². The molecule has 3 heteroatoms. The van der Waals surface area contributed by atoms with Crippen LogP contribution in [-0.4, -0.2) is 43.4 Å². The number of carbonyl (C=O) groups is 1. The van der Waals surface area contributed by atoms with Crippen LogP contribution in [0.2, 0.25) is 0 Å². The zero-order chi connectivity index (χ0) is 20.6. The summed E-state index contributed by atoms with van der Waals surface area (Å²) in [5.74, 6) is 0.281. The average molecular weight is 405 g/mol. The predicted octanol–water partition coefficient (Wildman–Crippen LogP) is 5.84. The van der Waals surface area contributed by atoms with E-state index in [-0.39, 0.29) is 5.78 Å². The van der Waals surface area contributed by atoms with Gasteiger partial charge in [0, 0.05) is 49.2 Å². The van der Waals surface area contributed by atoms with E-state index in [0.717, 1.165) is 25.2 Å². The van der Waals surface area contributed by atoms with E-state index in [1.807, 2.05) is 6.07 Å². The molecule has 2 aromatic carbocycles. The monoisotopic (exact) mass is 404 g/mol. The Morgan fingerprint density at radius 3 is 2.63 bits per heavy atom. The van der Waals surface area contributed by atoms with Crippen molar-refractivity contribution in [1.82, 2.24) is 4.90 Å². The Bertz CT molecular complexity index is 922. The third-order valence-electron chi connectivity index (χ3n) is 7.94. The second kappa shape index (κ2) is 8.34. The average Bonchev–Trinajstić information content (AvgIpc) is 2.93. The standard InChI is InChI=1S/C27H36N2O/c1-2-12-27(13-4-3-5-14-27)20-28-15-7-16-29(18-17-28)24-11-10-21-19-25(30)23-9-6-8-22(24)26(21)23/h6,8-11H,2-5,7,12-20H2,1H3. The zero-order valence-corrected chi connectivity index (χ0v) is 18.6. The highest BCUT2D eigenvalue weighted by Crippen LogP contribution is 2.41. The number of carbonyl (C=O) groups excluding carboxylic acids is 1. The summed E-state index contributed by atoms with van der Waals surface area (Å²) in [7, 11) is 0. The van der Waals surface area contributed by atoms with Crippen molar-refractivity contribution in [1.29, 1.82) is 0 Å². The first-order valence-corrected chi connectivity index (χ1v) is 12.2. The predicted molar refractivity (Wildman–Crippen MR) is 126 cm³/mol. The minimum absolute atomic E-state index is 0.281. The third-order valence-corrected chi connectivity index (χ3v) is 7.94. The molecule has 30 heavy (non-hydrogen) atoms. The van der Waals surface area contributed by atoms with Gasteiger partial charge < -0.3 is 9.80 Å². The fraction of sp³-hybridized carbons (Fsp3) is 0.593. The minimum atomic E-state index is 0.281. The van der Waals surface area contributed by atoms with E-state index >= 15 is 0 Å². The molecule has 2 aromatic rings. The topological polar surface area (TPSA) is 23.6 Å². The van der Waals surface area contributed by atoms with Gasteiger partial charge in [-0.2, -0.15) is 0 Å². The Kier molecular flexibility index (Phi) is 5.58. The summed E-state index contributed by atoms with van der Waals surface area (Å²) in [5, 5.41) is 2.49. The molecule has 1 aliphatic heterocycles. The van der Waals surface area contributed by atoms with Gasteiger partial charge in [0.2, 0.25) is 0 Å². The maximum atomic E-state index is 12.4. The highest BCUT2D eigenvalue weighted by Gasteiger charge is 2.33. The Morgan fingerprint density at radius 2 is 1.80 bits per heavy atom. The molecule has 5 rings (SSSR count). The summed E-state index contributed by atoms with van der Waals surface area (Å²) >= 11 is 0. The number of ketones is 1. The van der Waals surface area contributed by atoms with Gasteiger partial charge >= 0.3 is 0 Å². The first kappa shape index (κ1) is 20.1. The Balaban J connectivity index is 1.34. The number of benzene rings is 2. The van der Waals surface area contributed by atoms with E-state index in [1.165, 1.54) is 86.5 Å². The van der Waals surface area contributed by atoms with Gasteiger partial charge in [-0.05, 0) is 54.7 Å². The SMILES string of the molecule is CCCC1(CN2CCCN(c3ccc4c5c(cccc35)C(=O)C4)CC2)CCCCC1. The molecule has 0 radical (unpaired) electrons. The van der Waals surface area contributed by atoms with Crippen LogP contribution in [0.25, 0.3) is 10.8 Å². The summed E-state index contributed by atoms with van der Waals surface area (Å²) in [6.07, 6.45) is 11.7. The van der Waals surface area contributed by atoms with Gasteiger partial charge in [-0.15, -0.1) is 0 Å². The van der Waals surface area contributed by atoms with Crippen LogP contribution in [0.5, 0.6) is 0 Å². The van der Waals surface area contributed by atoms with Gasteiger partial charge in [0.25, 0.3) is 0 Å². The van der Waals surface area contributed by atoms with Crippen LogP contribution in [-0.2, 0) is 6.42 Å². The van der Waals surface area contributed by atoms with Crippen LogP contribution in [0.1, 0.15) is 74.2 Å². The van der Waals surface area contributed by atoms with E-state index in [4.69, 9.17) is 0 Å². The fourth-order valence-corrected chi connectivity index (χ4v) is 6.55. The molecule has 0 aromatic heterocycles. The number of hydrogen-bond acceptors (Lipinski definition) is 3. The molecule has 160 valence electrons. The second-order valence-electron chi connectivity index (χ2n) is 10.00. The molecule has 2 aliphatic carbocycles. The smallest absolute Gasteiger partial charge is 0.167 e. The molecule has 0 N–H and O–H groups in total. The van der Waals surface area contributed by atoms with Crippen LogP contribution in [0, 0.1) is 5.41 Å². The Hall–Kier alpha value is -1.87. The first-order chi connectivity index (χ1) is 14.7. The number of Topliss-reactive ketones (excluding diaryl/α,β-unsaturated/α-hetero) is 1. The van der Waals surface area contributed by atoms with Gasteiger partial charge in [-0.1, -0.05) is 56.9 Å². The van der Waals surface area contributed by atoms with E-state index in [0.29, 0.717) is 11.8 Å². The van der Waals surface area contributed by atoms with Gasteiger partial charge in [-0.25, -0.2) is 0 Å². The van der Waals surface area contributed by atoms with Gasteiger partial charge in [0.1, 0.15) is 0 Å². The van der Waals surface area contributed by atoms with E-state index in [9.17, 15) is 4.79 Å². The van der Waals surface area contributed by atoms with E-state index in [2.05, 4.69) is 41.0 Å². The van der Waals surface area contributed by atoms with Crippen molar-refractivity contribution in [2.45, 2.75) is 64.7 Å². The second-order valence-corrected chi connectivity index (χ2v) is 10.00. The van der Waals surface area contributed by atoms with Crippen molar-refractivity contribution in [3.05, 3.63) is 41.5 Å². The lowest BCUT2D eigenvalue weighted by Gasteiger charge is -2.41. The van der Waals surface area contributed by atoms with Crippen molar-refractivity contribution in [2.75, 3.05) is 37.6 Å². The first-order valence-electron chi connectivity index (χ1n) is 12.2. The lowest BCUT2D eigenvalue weighted by molar-refractivity contribution is 0.0976. The molecule has 0 amide bonds. The Morgan fingerprint density at radius 1 is 0.933 bits per heavy atom. The van der Waals surface area contributed by atoms with Gasteiger partial charge in [0.15, 0.2) is 5.78 Å². The highest BCUT2D eigenvalue weighted by atomic mass is 16.1. The van der Waals surface area contributed by atoms with Crippen molar-refractivity contribution < 1.29 is 4.79 Å². The summed E-state index contributed by atoms with van der Waals surface area (Å²) in [5.41, 5.74) is 4.04. The van der Waals surface area contributed by atoms with Crippen LogP contribution in [0.3, 0.4) is 0 Å². The van der Waals surface area contributed by atoms with Crippen molar-refractivity contribution in [2.24, 2.45) is 5.41 Å². The summed E-state index contributed by atoms with van der Waals surface area (Å²) in [4.78, 5) is 17.7. The maximum absolute atomic E-state index is 12.4. The molecule has 2 fully saturated rings. The molecule has 0 spiro atoms. The maximum Gasteiger partial charge on any atom is 0.167 e. The lowest BCUT2D eigenvalue weighted by Crippen LogP contribution is -2.41. The Labute approximate surface area is 181 Å². The molecule has 1 saturated carbocycles. The molecule has 0 bridgehead atoms. The number of rotatable bonds is 5. The van der Waals surface area contributed by atoms with Crippen molar-refractivity contribution >= 4 is 22.2 Å². The molecular weight excluding hydrogens is 368 g/mol. The summed E-state index contributed by atoms with van der Waals surface area (Å²) < 4.78 is 0. The minimum Gasteiger partial charge on any atom is -0.370 e. The van der Waals surface area contributed by atoms with Crippen LogP contribution >= 0.6 is 0 Å². The molecule has 0 unspecified atom stereocenters. The fourth-order valence-electron chi connectivity index (χ4n) is 6.55. The molecule has 3 aliphatic rings. The summed E-state index contributed by atoms with van der Waals surface area (Å²) in [6, 6.07) is 10.8. The third kappa shape index (κ3) is 3.66. The number of nitrogens with zero attached hydrogens (tertiary/aromatic N) is 2. The van der Waals surface area contributed by atoms with E-state index < -0.39 is 0 Å². The lowest BCUT2D eigenvalue weighted by atomic mass is 9.71. The number of anilines is 1. The van der Waals surface area contributed by atoms with E-state index in [1.54, 1.807) is 0 Å². The summed E-state index contributed by atoms with van der Waals surface area (Å²) in [6.45, 7) is 8.25. The number of hydrogen-bond donors (Lipinski definition) is 0. The molecular formula is C27H36N2O. The van der Waals surface area contributed by atoms with Gasteiger partial charge in [-0.3, -0.25) is 4.79 Å². The van der Waals surface area contributed by atoms with Crippen molar-refractivity contribution in [3.8, 4) is 0 Å². The molecule has 0 atom stereocenters. The van der Waals surface area contributed by atoms with Gasteiger partial charge in [0.05, 0.1) is 0 Å². The highest BCUT2D eigenvalue weighted by molar-refractivity contribution is 6.17. The van der Waals surface area contributed by atoms with Crippen LogP contribution in [0.15, 0.2) is 30.3 Å². The molecule has 1 saturated heterocycles. The zero-order valence-electron chi connectivity index (χ0n) is 18.6. The normalized spacial score (nSPS) is 21.9. The van der Waals surface area contributed by atoms with Crippen LogP contribution < -0.4 is 4.90 Å². The van der Waals surface area contributed by atoms with Crippen LogP contribution in [0.4, 0.5) is 5.69 Å². The quantitative estimate of drug-likeness (QED) is 0.625. The largest absolute Gasteiger partial charge is 0.370 e.